The molecule has 0 saturated heterocycles. The van der Waals surface area contributed by atoms with Crippen LogP contribution in [0.5, 0.6) is 5.75 Å². The van der Waals surface area contributed by atoms with Crippen LogP contribution in [0.25, 0.3) is 22.4 Å². The predicted octanol–water partition coefficient (Wildman–Crippen LogP) is 6.26. The lowest BCUT2D eigenvalue weighted by Crippen LogP contribution is -2.10. The zero-order valence-corrected chi connectivity index (χ0v) is 19.7. The van der Waals surface area contributed by atoms with Crippen molar-refractivity contribution in [2.75, 3.05) is 13.7 Å². The van der Waals surface area contributed by atoms with Gasteiger partial charge in [0.25, 0.3) is 0 Å². The van der Waals surface area contributed by atoms with Crippen molar-refractivity contribution in [3.05, 3.63) is 83.9 Å². The summed E-state index contributed by atoms with van der Waals surface area (Å²) >= 11 is 0. The molecule has 0 bridgehead atoms. The highest BCUT2D eigenvalue weighted by Gasteiger charge is 2.16. The first-order valence-electron chi connectivity index (χ1n) is 11.2. The Morgan fingerprint density at radius 3 is 2.30 bits per heavy atom. The summed E-state index contributed by atoms with van der Waals surface area (Å²) in [7, 11) is 1.37. The van der Waals surface area contributed by atoms with Crippen molar-refractivity contribution in [1.29, 1.82) is 0 Å². The van der Waals surface area contributed by atoms with Gasteiger partial charge in [-0.1, -0.05) is 57.2 Å². The van der Waals surface area contributed by atoms with Gasteiger partial charge >= 0.3 is 5.97 Å². The van der Waals surface area contributed by atoms with Crippen molar-refractivity contribution in [1.82, 2.24) is 9.55 Å². The zero-order chi connectivity index (χ0) is 23.4. The maximum Gasteiger partial charge on any atom is 0.337 e. The average molecular weight is 443 g/mol. The van der Waals surface area contributed by atoms with Gasteiger partial charge in [0, 0.05) is 12.1 Å². The first-order chi connectivity index (χ1) is 15.9. The van der Waals surface area contributed by atoms with Crippen LogP contribution < -0.4 is 4.74 Å². The molecule has 0 unspecified atom stereocenters. The lowest BCUT2D eigenvalue weighted by Gasteiger charge is -2.19. The number of aryl methyl sites for hydroxylation is 1. The van der Waals surface area contributed by atoms with Gasteiger partial charge in [0.05, 0.1) is 30.3 Å². The van der Waals surface area contributed by atoms with Crippen LogP contribution in [0.15, 0.2) is 72.8 Å². The predicted molar refractivity (Wildman–Crippen MR) is 132 cm³/mol. The van der Waals surface area contributed by atoms with Gasteiger partial charge in [-0.15, -0.1) is 0 Å². The second-order valence-corrected chi connectivity index (χ2v) is 9.12. The van der Waals surface area contributed by atoms with E-state index in [0.717, 1.165) is 41.1 Å². The number of imidazole rings is 1. The van der Waals surface area contributed by atoms with Crippen LogP contribution in [0.2, 0.25) is 0 Å². The van der Waals surface area contributed by atoms with Gasteiger partial charge in [0.2, 0.25) is 0 Å². The normalized spacial score (nSPS) is 11.5. The lowest BCUT2D eigenvalue weighted by atomic mass is 9.87. The number of ether oxygens (including phenoxy) is 2. The Balaban J connectivity index is 1.49. The Morgan fingerprint density at radius 2 is 1.64 bits per heavy atom. The molecule has 1 aromatic heterocycles. The molecule has 0 radical (unpaired) electrons. The molecule has 4 rings (SSSR count). The van der Waals surface area contributed by atoms with Crippen LogP contribution in [0.4, 0.5) is 0 Å². The third-order valence-corrected chi connectivity index (χ3v) is 5.73. The van der Waals surface area contributed by atoms with Gasteiger partial charge in [-0.2, -0.15) is 0 Å². The first-order valence-corrected chi connectivity index (χ1v) is 11.2. The van der Waals surface area contributed by atoms with E-state index in [-0.39, 0.29) is 11.4 Å². The third kappa shape index (κ3) is 5.08. The zero-order valence-electron chi connectivity index (χ0n) is 19.7. The molecule has 0 aliphatic heterocycles. The van der Waals surface area contributed by atoms with Crippen molar-refractivity contribution in [3.63, 3.8) is 0 Å². The van der Waals surface area contributed by atoms with Gasteiger partial charge in [-0.25, -0.2) is 9.78 Å². The van der Waals surface area contributed by atoms with Crippen molar-refractivity contribution in [2.45, 2.75) is 39.2 Å². The summed E-state index contributed by atoms with van der Waals surface area (Å²) in [4.78, 5) is 16.5. The maximum atomic E-state index is 11.6. The molecule has 0 aliphatic rings. The molecule has 0 saturated carbocycles. The average Bonchev–Trinajstić information content (AvgIpc) is 3.20. The van der Waals surface area contributed by atoms with Gasteiger partial charge in [0.15, 0.2) is 0 Å². The van der Waals surface area contributed by atoms with E-state index in [1.165, 1.54) is 12.7 Å². The summed E-state index contributed by atoms with van der Waals surface area (Å²) in [5.74, 6) is 1.35. The van der Waals surface area contributed by atoms with E-state index in [4.69, 9.17) is 14.5 Å². The number of carbonyl (C=O) groups excluding carboxylic acids is 1. The topological polar surface area (TPSA) is 53.4 Å². The molecule has 4 aromatic rings. The van der Waals surface area contributed by atoms with Gasteiger partial charge in [0.1, 0.15) is 11.6 Å². The van der Waals surface area contributed by atoms with Gasteiger partial charge in [-0.05, 0) is 53.8 Å². The highest BCUT2D eigenvalue weighted by atomic mass is 16.5. The number of fused-ring (bicyclic) bond motifs is 1. The number of hydrogen-bond acceptors (Lipinski definition) is 4. The number of carbonyl (C=O) groups is 1. The van der Waals surface area contributed by atoms with Crippen LogP contribution in [0, 0.1) is 0 Å². The van der Waals surface area contributed by atoms with E-state index >= 15 is 0 Å². The molecule has 0 N–H and O–H groups in total. The number of aromatic nitrogens is 2. The summed E-state index contributed by atoms with van der Waals surface area (Å²) in [6.07, 6.45) is 0.826. The van der Waals surface area contributed by atoms with E-state index in [2.05, 4.69) is 61.7 Å². The summed E-state index contributed by atoms with van der Waals surface area (Å²) < 4.78 is 12.9. The minimum atomic E-state index is -0.350. The number of hydrogen-bond donors (Lipinski definition) is 0. The fraction of sp³-hybridized carbons (Fsp3) is 0.286. The molecule has 33 heavy (non-hydrogen) atoms. The highest BCUT2D eigenvalue weighted by Crippen LogP contribution is 2.28. The third-order valence-electron chi connectivity index (χ3n) is 5.73. The van der Waals surface area contributed by atoms with Crippen molar-refractivity contribution in [2.24, 2.45) is 0 Å². The van der Waals surface area contributed by atoms with Crippen LogP contribution >= 0.6 is 0 Å². The molecule has 170 valence electrons. The Labute approximate surface area is 195 Å². The van der Waals surface area contributed by atoms with Crippen molar-refractivity contribution in [3.8, 4) is 17.1 Å². The molecule has 5 heteroatoms. The Bertz CT molecular complexity index is 1230. The smallest absolute Gasteiger partial charge is 0.337 e. The molecular weight excluding hydrogens is 412 g/mol. The Morgan fingerprint density at radius 1 is 0.939 bits per heavy atom. The van der Waals surface area contributed by atoms with Gasteiger partial charge in [-0.3, -0.25) is 0 Å². The Kier molecular flexibility index (Phi) is 6.50. The molecule has 0 aliphatic carbocycles. The molecule has 0 atom stereocenters. The van der Waals surface area contributed by atoms with E-state index in [1.807, 2.05) is 12.1 Å². The highest BCUT2D eigenvalue weighted by molar-refractivity contribution is 5.89. The van der Waals surface area contributed by atoms with Crippen LogP contribution in [-0.2, 0) is 16.7 Å². The number of methoxy groups -OCH3 is 1. The summed E-state index contributed by atoms with van der Waals surface area (Å²) in [6, 6.07) is 24.0. The van der Waals surface area contributed by atoms with Crippen molar-refractivity contribution >= 4 is 17.0 Å². The fourth-order valence-corrected chi connectivity index (χ4v) is 3.86. The summed E-state index contributed by atoms with van der Waals surface area (Å²) in [5, 5.41) is 0. The molecular formula is C28H30N2O3. The van der Waals surface area contributed by atoms with Gasteiger partial charge < -0.3 is 14.0 Å². The monoisotopic (exact) mass is 442 g/mol. The second kappa shape index (κ2) is 9.49. The quantitative estimate of drug-likeness (QED) is 0.250. The van der Waals surface area contributed by atoms with E-state index in [1.54, 1.807) is 24.3 Å². The minimum absolute atomic E-state index is 0.116. The second-order valence-electron chi connectivity index (χ2n) is 9.12. The van der Waals surface area contributed by atoms with Crippen molar-refractivity contribution < 1.29 is 14.3 Å². The standard InChI is InChI=1S/C28H30N2O3/c1-28(2,3)22-14-10-20(11-15-22)26-29-24-8-5-6-9-25(24)30(26)18-7-19-33-23-16-12-21(13-17-23)27(31)32-4/h5-6,8-17H,7,18-19H2,1-4H3. The first kappa shape index (κ1) is 22.6. The number of esters is 1. The lowest BCUT2D eigenvalue weighted by molar-refractivity contribution is 0.0600. The molecule has 3 aromatic carbocycles. The summed E-state index contributed by atoms with van der Waals surface area (Å²) in [6.45, 7) is 8.02. The van der Waals surface area contributed by atoms with E-state index in [0.29, 0.717) is 12.2 Å². The maximum absolute atomic E-state index is 11.6. The van der Waals surface area contributed by atoms with Crippen LogP contribution in [-0.4, -0.2) is 29.2 Å². The van der Waals surface area contributed by atoms with Crippen LogP contribution in [0.1, 0.15) is 43.1 Å². The largest absolute Gasteiger partial charge is 0.494 e. The number of rotatable bonds is 7. The molecule has 0 fully saturated rings. The van der Waals surface area contributed by atoms with Crippen LogP contribution in [0.3, 0.4) is 0 Å². The molecule has 0 spiro atoms. The summed E-state index contributed by atoms with van der Waals surface area (Å²) in [5.41, 5.74) is 5.16. The molecule has 5 nitrogen and oxygen atoms in total. The Hall–Kier alpha value is -3.60. The minimum Gasteiger partial charge on any atom is -0.494 e. The molecule has 0 amide bonds. The number of benzene rings is 3. The van der Waals surface area contributed by atoms with E-state index < -0.39 is 0 Å². The molecule has 1 heterocycles. The fourth-order valence-electron chi connectivity index (χ4n) is 3.86. The number of para-hydroxylation sites is 2. The number of nitrogens with zero attached hydrogens (tertiary/aromatic N) is 2. The SMILES string of the molecule is COC(=O)c1ccc(OCCCn2c(-c3ccc(C(C)(C)C)cc3)nc3ccccc32)cc1. The van der Waals surface area contributed by atoms with E-state index in [9.17, 15) is 4.79 Å².